The average Bonchev–Trinajstić information content (AvgIpc) is 2.90. The van der Waals surface area contributed by atoms with Gasteiger partial charge in [-0.1, -0.05) is 6.07 Å². The molecule has 3 N–H and O–H groups in total. The number of nitrogen functional groups attached to an aromatic ring is 1. The van der Waals surface area contributed by atoms with Crippen molar-refractivity contribution in [2.75, 3.05) is 5.73 Å². The van der Waals surface area contributed by atoms with Crippen LogP contribution in [0.4, 0.5) is 5.69 Å². The van der Waals surface area contributed by atoms with Gasteiger partial charge in [-0.25, -0.2) is 5.43 Å². The molecule has 1 amide bonds. The number of benzene rings is 1. The SMILES string of the molecule is CC(=NNC(=O)c1ccc(N)cc1)c1cccs1. The highest BCUT2D eigenvalue weighted by Gasteiger charge is 2.04. The molecule has 2 rings (SSSR count). The summed E-state index contributed by atoms with van der Waals surface area (Å²) in [6.07, 6.45) is 0. The Morgan fingerprint density at radius 1 is 1.28 bits per heavy atom. The topological polar surface area (TPSA) is 67.5 Å². The Hall–Kier alpha value is -2.14. The maximum atomic E-state index is 11.8. The predicted octanol–water partition coefficient (Wildman–Crippen LogP) is 2.48. The van der Waals surface area contributed by atoms with Crippen molar-refractivity contribution in [3.05, 3.63) is 52.2 Å². The van der Waals surface area contributed by atoms with Gasteiger partial charge in [0.15, 0.2) is 0 Å². The minimum absolute atomic E-state index is 0.245. The van der Waals surface area contributed by atoms with E-state index in [1.54, 1.807) is 35.6 Å². The lowest BCUT2D eigenvalue weighted by atomic mass is 10.2. The van der Waals surface area contributed by atoms with E-state index in [0.29, 0.717) is 11.3 Å². The zero-order valence-electron chi connectivity index (χ0n) is 9.88. The lowest BCUT2D eigenvalue weighted by Gasteiger charge is -2.01. The fraction of sp³-hybridized carbons (Fsp3) is 0.0769. The van der Waals surface area contributed by atoms with Crippen LogP contribution in [0, 0.1) is 0 Å². The number of hydrogen-bond donors (Lipinski definition) is 2. The van der Waals surface area contributed by atoms with Crippen LogP contribution >= 0.6 is 11.3 Å². The second-order valence-electron chi connectivity index (χ2n) is 3.74. The third-order valence-corrected chi connectivity index (χ3v) is 3.35. The number of rotatable bonds is 3. The van der Waals surface area contributed by atoms with Crippen LogP contribution in [0.25, 0.3) is 0 Å². The summed E-state index contributed by atoms with van der Waals surface area (Å²) in [5.74, 6) is -0.245. The number of carbonyl (C=O) groups excluding carboxylic acids is 1. The Bertz CT molecular complexity index is 558. The summed E-state index contributed by atoms with van der Waals surface area (Å²) in [5.41, 5.74) is 10.0. The van der Waals surface area contributed by atoms with Crippen LogP contribution in [0.2, 0.25) is 0 Å². The first kappa shape index (κ1) is 12.3. The molecule has 92 valence electrons. The molecule has 0 saturated heterocycles. The summed E-state index contributed by atoms with van der Waals surface area (Å²) in [6.45, 7) is 1.86. The van der Waals surface area contributed by atoms with E-state index in [1.807, 2.05) is 24.4 Å². The third-order valence-electron chi connectivity index (χ3n) is 2.38. The van der Waals surface area contributed by atoms with E-state index in [4.69, 9.17) is 5.73 Å². The predicted molar refractivity (Wildman–Crippen MR) is 74.9 cm³/mol. The maximum absolute atomic E-state index is 11.8. The average molecular weight is 259 g/mol. The molecule has 0 aliphatic heterocycles. The van der Waals surface area contributed by atoms with Crippen molar-refractivity contribution in [2.24, 2.45) is 5.10 Å². The van der Waals surface area contributed by atoms with E-state index in [-0.39, 0.29) is 5.91 Å². The first-order valence-corrected chi connectivity index (χ1v) is 6.29. The van der Waals surface area contributed by atoms with Gasteiger partial charge in [-0.05, 0) is 42.6 Å². The molecule has 1 aromatic carbocycles. The summed E-state index contributed by atoms with van der Waals surface area (Å²) in [5, 5.41) is 6.03. The molecule has 0 unspecified atom stereocenters. The van der Waals surface area contributed by atoms with E-state index in [9.17, 15) is 4.79 Å². The van der Waals surface area contributed by atoms with Crippen LogP contribution in [0.1, 0.15) is 22.2 Å². The molecule has 1 aromatic heterocycles. The summed E-state index contributed by atoms with van der Waals surface area (Å²) in [7, 11) is 0. The van der Waals surface area contributed by atoms with Crippen molar-refractivity contribution in [1.29, 1.82) is 0 Å². The molecule has 4 nitrogen and oxygen atoms in total. The molecular formula is C13H13N3OS. The normalized spacial score (nSPS) is 11.3. The first-order chi connectivity index (χ1) is 8.66. The number of nitrogens with zero attached hydrogens (tertiary/aromatic N) is 1. The summed E-state index contributed by atoms with van der Waals surface area (Å²) in [4.78, 5) is 12.8. The molecule has 1 heterocycles. The minimum atomic E-state index is -0.245. The van der Waals surface area contributed by atoms with Crippen molar-refractivity contribution in [3.8, 4) is 0 Å². The molecule has 0 spiro atoms. The Labute approximate surface area is 109 Å². The molecule has 2 aromatic rings. The smallest absolute Gasteiger partial charge is 0.271 e. The Balaban J connectivity index is 2.04. The van der Waals surface area contributed by atoms with Gasteiger partial charge >= 0.3 is 0 Å². The number of nitrogens with two attached hydrogens (primary N) is 1. The minimum Gasteiger partial charge on any atom is -0.399 e. The molecule has 5 heteroatoms. The van der Waals surface area contributed by atoms with Gasteiger partial charge in [0.1, 0.15) is 0 Å². The van der Waals surface area contributed by atoms with Crippen molar-refractivity contribution in [1.82, 2.24) is 5.43 Å². The van der Waals surface area contributed by atoms with Crippen LogP contribution in [-0.4, -0.2) is 11.6 Å². The lowest BCUT2D eigenvalue weighted by molar-refractivity contribution is 0.0955. The van der Waals surface area contributed by atoms with Gasteiger partial charge in [0, 0.05) is 16.1 Å². The van der Waals surface area contributed by atoms with Crippen molar-refractivity contribution >= 4 is 28.6 Å². The van der Waals surface area contributed by atoms with Gasteiger partial charge < -0.3 is 5.73 Å². The number of anilines is 1. The van der Waals surface area contributed by atoms with Crippen LogP contribution in [0.3, 0.4) is 0 Å². The van der Waals surface area contributed by atoms with Gasteiger partial charge in [-0.2, -0.15) is 5.10 Å². The number of nitrogens with one attached hydrogen (secondary N) is 1. The summed E-state index contributed by atoms with van der Waals surface area (Å²) < 4.78 is 0. The second-order valence-corrected chi connectivity index (χ2v) is 4.69. The van der Waals surface area contributed by atoms with Crippen molar-refractivity contribution in [3.63, 3.8) is 0 Å². The Morgan fingerprint density at radius 3 is 2.61 bits per heavy atom. The van der Waals surface area contributed by atoms with Crippen LogP contribution in [-0.2, 0) is 0 Å². The number of hydrogen-bond acceptors (Lipinski definition) is 4. The van der Waals surface area contributed by atoms with E-state index in [2.05, 4.69) is 10.5 Å². The number of hydrazone groups is 1. The second kappa shape index (κ2) is 5.46. The highest BCUT2D eigenvalue weighted by molar-refractivity contribution is 7.12. The first-order valence-electron chi connectivity index (χ1n) is 5.41. The fourth-order valence-electron chi connectivity index (χ4n) is 1.37. The Kier molecular flexibility index (Phi) is 3.74. The van der Waals surface area contributed by atoms with Crippen molar-refractivity contribution < 1.29 is 4.79 Å². The van der Waals surface area contributed by atoms with Crippen LogP contribution in [0.5, 0.6) is 0 Å². The molecule has 0 bridgehead atoms. The molecule has 0 fully saturated rings. The van der Waals surface area contributed by atoms with Gasteiger partial charge in [0.05, 0.1) is 5.71 Å². The van der Waals surface area contributed by atoms with E-state index >= 15 is 0 Å². The lowest BCUT2D eigenvalue weighted by Crippen LogP contribution is -2.19. The number of thiophene rings is 1. The summed E-state index contributed by atoms with van der Waals surface area (Å²) in [6, 6.07) is 10.6. The number of amides is 1. The maximum Gasteiger partial charge on any atom is 0.271 e. The molecule has 0 aliphatic rings. The quantitative estimate of drug-likeness (QED) is 0.505. The van der Waals surface area contributed by atoms with E-state index in [0.717, 1.165) is 10.6 Å². The zero-order chi connectivity index (χ0) is 13.0. The van der Waals surface area contributed by atoms with E-state index in [1.165, 1.54) is 0 Å². The van der Waals surface area contributed by atoms with E-state index < -0.39 is 0 Å². The van der Waals surface area contributed by atoms with Crippen LogP contribution < -0.4 is 11.2 Å². The molecule has 18 heavy (non-hydrogen) atoms. The third kappa shape index (κ3) is 2.95. The standard InChI is InChI=1S/C13H13N3OS/c1-9(12-3-2-8-18-12)15-16-13(17)10-4-6-11(14)7-5-10/h2-8H,14H2,1H3,(H,16,17). The van der Waals surface area contributed by atoms with Crippen molar-refractivity contribution in [2.45, 2.75) is 6.92 Å². The Morgan fingerprint density at radius 2 is 2.00 bits per heavy atom. The highest BCUT2D eigenvalue weighted by Crippen LogP contribution is 2.09. The molecule has 0 saturated carbocycles. The monoisotopic (exact) mass is 259 g/mol. The largest absolute Gasteiger partial charge is 0.399 e. The molecule has 0 atom stereocenters. The molecule has 0 radical (unpaired) electrons. The number of carbonyl (C=O) groups is 1. The molecular weight excluding hydrogens is 246 g/mol. The van der Waals surface area contributed by atoms with Crippen LogP contribution in [0.15, 0.2) is 46.9 Å². The highest BCUT2D eigenvalue weighted by atomic mass is 32.1. The molecule has 0 aliphatic carbocycles. The van der Waals surface area contributed by atoms with Gasteiger partial charge in [0.2, 0.25) is 0 Å². The van der Waals surface area contributed by atoms with Gasteiger partial charge in [0.25, 0.3) is 5.91 Å². The fourth-order valence-corrected chi connectivity index (χ4v) is 2.05. The van der Waals surface area contributed by atoms with Gasteiger partial charge in [-0.15, -0.1) is 11.3 Å². The van der Waals surface area contributed by atoms with Gasteiger partial charge in [-0.3, -0.25) is 4.79 Å². The summed E-state index contributed by atoms with van der Waals surface area (Å²) >= 11 is 1.58. The zero-order valence-corrected chi connectivity index (χ0v) is 10.7.